The fraction of sp³-hybridized carbons (Fsp3) is 0.278. The molecule has 0 aromatic heterocycles. The zero-order chi connectivity index (χ0) is 20.2. The zero-order valence-corrected chi connectivity index (χ0v) is 17.4. The molecule has 0 unspecified atom stereocenters. The molecule has 0 bridgehead atoms. The first kappa shape index (κ1) is 21.3. The Balaban J connectivity index is 2.16. The number of carbonyl (C=O) groups is 1. The molecule has 1 N–H and O–H groups in total. The lowest BCUT2D eigenvalue weighted by Gasteiger charge is -2.24. The van der Waals surface area contributed by atoms with Gasteiger partial charge in [-0.2, -0.15) is 0 Å². The van der Waals surface area contributed by atoms with Crippen molar-refractivity contribution in [2.45, 2.75) is 13.0 Å². The van der Waals surface area contributed by atoms with Gasteiger partial charge in [-0.1, -0.05) is 35.3 Å². The largest absolute Gasteiger partial charge is 0.497 e. The number of rotatable bonds is 7. The first-order valence-electron chi connectivity index (χ1n) is 7.98. The first-order valence-corrected chi connectivity index (χ1v) is 10.6. The number of hydrogen-bond acceptors (Lipinski definition) is 4. The molecule has 0 saturated carbocycles. The molecule has 0 fully saturated rings. The molecular formula is C18H20Cl2N2O4S. The van der Waals surface area contributed by atoms with Gasteiger partial charge in [0, 0.05) is 5.02 Å². The van der Waals surface area contributed by atoms with Crippen molar-refractivity contribution in [3.8, 4) is 5.75 Å². The van der Waals surface area contributed by atoms with Gasteiger partial charge in [0.1, 0.15) is 12.3 Å². The molecule has 0 aliphatic carbocycles. The van der Waals surface area contributed by atoms with Crippen LogP contribution in [0.3, 0.4) is 0 Å². The predicted molar refractivity (Wildman–Crippen MR) is 108 cm³/mol. The Bertz CT molecular complexity index is 917. The van der Waals surface area contributed by atoms with Gasteiger partial charge in [-0.25, -0.2) is 8.42 Å². The maximum absolute atomic E-state index is 12.4. The molecule has 2 aromatic carbocycles. The van der Waals surface area contributed by atoms with E-state index >= 15 is 0 Å². The Hall–Kier alpha value is -1.96. The standard InChI is InChI=1S/C18H20Cl2N2O4S/c1-12(13-4-7-15(26-2)8-5-13)21-18(23)11-22(27(3,24)25)17-9-6-14(19)10-16(17)20/h4-10,12H,11H2,1-3H3,(H,21,23)/t12-/m0/s1. The van der Waals surface area contributed by atoms with Crippen LogP contribution < -0.4 is 14.4 Å². The predicted octanol–water partition coefficient (Wildman–Crippen LogP) is 3.65. The van der Waals surface area contributed by atoms with Gasteiger partial charge in [-0.05, 0) is 42.8 Å². The molecule has 2 aromatic rings. The number of sulfonamides is 1. The number of halogens is 2. The Morgan fingerprint density at radius 1 is 1.19 bits per heavy atom. The number of hydrogen-bond donors (Lipinski definition) is 1. The lowest BCUT2D eigenvalue weighted by Crippen LogP contribution is -2.41. The number of nitrogens with zero attached hydrogens (tertiary/aromatic N) is 1. The summed E-state index contributed by atoms with van der Waals surface area (Å²) in [5.41, 5.74) is 1.05. The number of nitrogens with one attached hydrogen (secondary N) is 1. The van der Waals surface area contributed by atoms with Gasteiger partial charge in [0.15, 0.2) is 0 Å². The molecule has 0 aliphatic heterocycles. The zero-order valence-electron chi connectivity index (χ0n) is 15.1. The van der Waals surface area contributed by atoms with E-state index in [1.54, 1.807) is 26.2 Å². The summed E-state index contributed by atoms with van der Waals surface area (Å²) < 4.78 is 30.4. The van der Waals surface area contributed by atoms with Gasteiger partial charge in [-0.3, -0.25) is 9.10 Å². The van der Waals surface area contributed by atoms with E-state index in [2.05, 4.69) is 5.32 Å². The van der Waals surface area contributed by atoms with Crippen LogP contribution in [0.1, 0.15) is 18.5 Å². The number of benzene rings is 2. The highest BCUT2D eigenvalue weighted by Gasteiger charge is 2.24. The average molecular weight is 431 g/mol. The smallest absolute Gasteiger partial charge is 0.241 e. The van der Waals surface area contributed by atoms with Crippen LogP contribution in [0.4, 0.5) is 5.69 Å². The van der Waals surface area contributed by atoms with Crippen LogP contribution in [0.5, 0.6) is 5.75 Å². The van der Waals surface area contributed by atoms with Crippen molar-refractivity contribution < 1.29 is 17.9 Å². The van der Waals surface area contributed by atoms with Gasteiger partial charge < -0.3 is 10.1 Å². The molecule has 1 atom stereocenters. The summed E-state index contributed by atoms with van der Waals surface area (Å²) in [6.07, 6.45) is 1.01. The van der Waals surface area contributed by atoms with Gasteiger partial charge >= 0.3 is 0 Å². The van der Waals surface area contributed by atoms with Crippen molar-refractivity contribution in [3.63, 3.8) is 0 Å². The second-order valence-electron chi connectivity index (χ2n) is 5.93. The molecule has 6 nitrogen and oxygen atoms in total. The van der Waals surface area contributed by atoms with Gasteiger partial charge in [-0.15, -0.1) is 0 Å². The number of methoxy groups -OCH3 is 1. The fourth-order valence-electron chi connectivity index (χ4n) is 2.46. The van der Waals surface area contributed by atoms with Gasteiger partial charge in [0.05, 0.1) is 30.1 Å². The maximum atomic E-state index is 12.4. The second-order valence-corrected chi connectivity index (χ2v) is 8.68. The minimum Gasteiger partial charge on any atom is -0.497 e. The Morgan fingerprint density at radius 2 is 1.81 bits per heavy atom. The summed E-state index contributed by atoms with van der Waals surface area (Å²) >= 11 is 12.0. The van der Waals surface area contributed by atoms with E-state index in [1.807, 2.05) is 12.1 Å². The number of ether oxygens (including phenoxy) is 1. The minimum absolute atomic E-state index is 0.143. The summed E-state index contributed by atoms with van der Waals surface area (Å²) in [7, 11) is -2.16. The Morgan fingerprint density at radius 3 is 2.33 bits per heavy atom. The van der Waals surface area contributed by atoms with Crippen LogP contribution in [-0.4, -0.2) is 34.2 Å². The van der Waals surface area contributed by atoms with Crippen molar-refractivity contribution in [2.24, 2.45) is 0 Å². The number of anilines is 1. The summed E-state index contributed by atoms with van der Waals surface area (Å²) in [4.78, 5) is 12.4. The van der Waals surface area contributed by atoms with E-state index in [0.29, 0.717) is 10.8 Å². The SMILES string of the molecule is COc1ccc([C@H](C)NC(=O)CN(c2ccc(Cl)cc2Cl)S(C)(=O)=O)cc1. The summed E-state index contributed by atoms with van der Waals surface area (Å²) in [6, 6.07) is 11.3. The Labute approximate surface area is 169 Å². The summed E-state index contributed by atoms with van der Waals surface area (Å²) in [5.74, 6) is 0.243. The van der Waals surface area contributed by atoms with E-state index in [9.17, 15) is 13.2 Å². The third kappa shape index (κ3) is 5.76. The minimum atomic E-state index is -3.73. The number of carbonyl (C=O) groups excluding carboxylic acids is 1. The molecule has 9 heteroatoms. The molecular weight excluding hydrogens is 411 g/mol. The van der Waals surface area contributed by atoms with Crippen LogP contribution in [0.15, 0.2) is 42.5 Å². The lowest BCUT2D eigenvalue weighted by atomic mass is 10.1. The first-order chi connectivity index (χ1) is 12.6. The van der Waals surface area contributed by atoms with Gasteiger partial charge in [0.25, 0.3) is 0 Å². The second kappa shape index (κ2) is 8.82. The van der Waals surface area contributed by atoms with E-state index in [1.165, 1.54) is 18.2 Å². The molecule has 0 heterocycles. The topological polar surface area (TPSA) is 75.7 Å². The Kier molecular flexibility index (Phi) is 6.97. The normalized spacial score (nSPS) is 12.3. The van der Waals surface area contributed by atoms with Crippen molar-refractivity contribution in [3.05, 3.63) is 58.1 Å². The van der Waals surface area contributed by atoms with E-state index in [4.69, 9.17) is 27.9 Å². The molecule has 0 aliphatic rings. The van der Waals surface area contributed by atoms with Crippen molar-refractivity contribution >= 4 is 44.8 Å². The van der Waals surface area contributed by atoms with Crippen LogP contribution in [0, 0.1) is 0 Å². The van der Waals surface area contributed by atoms with Crippen molar-refractivity contribution in [2.75, 3.05) is 24.2 Å². The third-order valence-electron chi connectivity index (χ3n) is 3.86. The maximum Gasteiger partial charge on any atom is 0.241 e. The van der Waals surface area contributed by atoms with Crippen LogP contribution >= 0.6 is 23.2 Å². The van der Waals surface area contributed by atoms with E-state index in [-0.39, 0.29) is 16.8 Å². The van der Waals surface area contributed by atoms with Crippen LogP contribution in [-0.2, 0) is 14.8 Å². The molecule has 0 spiro atoms. The average Bonchev–Trinajstić information content (AvgIpc) is 2.59. The van der Waals surface area contributed by atoms with Gasteiger partial charge in [0.2, 0.25) is 15.9 Å². The monoisotopic (exact) mass is 430 g/mol. The van der Waals surface area contributed by atoms with E-state index < -0.39 is 22.5 Å². The summed E-state index contributed by atoms with van der Waals surface area (Å²) in [6.45, 7) is 1.40. The highest BCUT2D eigenvalue weighted by Crippen LogP contribution is 2.30. The number of amides is 1. The molecule has 27 heavy (non-hydrogen) atoms. The highest BCUT2D eigenvalue weighted by atomic mass is 35.5. The molecule has 0 saturated heterocycles. The highest BCUT2D eigenvalue weighted by molar-refractivity contribution is 7.92. The lowest BCUT2D eigenvalue weighted by molar-refractivity contribution is -0.120. The van der Waals surface area contributed by atoms with E-state index in [0.717, 1.165) is 16.1 Å². The fourth-order valence-corrected chi connectivity index (χ4v) is 3.89. The molecule has 1 amide bonds. The molecule has 0 radical (unpaired) electrons. The van der Waals surface area contributed by atoms with Crippen molar-refractivity contribution in [1.29, 1.82) is 0 Å². The van der Waals surface area contributed by atoms with Crippen LogP contribution in [0.25, 0.3) is 0 Å². The quantitative estimate of drug-likeness (QED) is 0.726. The molecule has 146 valence electrons. The summed E-state index contributed by atoms with van der Waals surface area (Å²) in [5, 5.41) is 3.29. The third-order valence-corrected chi connectivity index (χ3v) is 5.52. The van der Waals surface area contributed by atoms with Crippen LogP contribution in [0.2, 0.25) is 10.0 Å². The molecule has 2 rings (SSSR count). The van der Waals surface area contributed by atoms with Crippen molar-refractivity contribution in [1.82, 2.24) is 5.32 Å².